The Bertz CT molecular complexity index is 475. The van der Waals surface area contributed by atoms with E-state index >= 15 is 0 Å². The van der Waals surface area contributed by atoms with Crippen LogP contribution in [0.5, 0.6) is 0 Å². The van der Waals surface area contributed by atoms with Gasteiger partial charge in [0.1, 0.15) is 0 Å². The van der Waals surface area contributed by atoms with Crippen molar-refractivity contribution in [1.29, 1.82) is 0 Å². The fourth-order valence-electron chi connectivity index (χ4n) is 0.915. The quantitative estimate of drug-likeness (QED) is 0.584. The van der Waals surface area contributed by atoms with Crippen LogP contribution in [0.3, 0.4) is 0 Å². The molecular formula is C7H8ClN3O2S. The van der Waals surface area contributed by atoms with E-state index in [-0.39, 0.29) is 5.03 Å². The lowest BCUT2D eigenvalue weighted by Crippen LogP contribution is -2.00. The molecular weight excluding hydrogens is 226 g/mol. The molecule has 1 aromatic heterocycles. The van der Waals surface area contributed by atoms with Crippen molar-refractivity contribution in [3.63, 3.8) is 0 Å². The Balaban J connectivity index is 3.42. The van der Waals surface area contributed by atoms with Gasteiger partial charge < -0.3 is 0 Å². The number of allylic oxidation sites excluding steroid dienone is 1. The third-order valence-electron chi connectivity index (χ3n) is 1.44. The van der Waals surface area contributed by atoms with Gasteiger partial charge >= 0.3 is 0 Å². The molecule has 0 radical (unpaired) electrons. The van der Waals surface area contributed by atoms with Crippen molar-refractivity contribution in [3.8, 4) is 0 Å². The van der Waals surface area contributed by atoms with E-state index in [1.54, 1.807) is 19.1 Å². The van der Waals surface area contributed by atoms with Gasteiger partial charge in [-0.05, 0) is 13.0 Å². The molecule has 76 valence electrons. The van der Waals surface area contributed by atoms with E-state index < -0.39 is 9.05 Å². The second-order valence-corrected chi connectivity index (χ2v) is 4.86. The van der Waals surface area contributed by atoms with Crippen molar-refractivity contribution < 1.29 is 8.42 Å². The number of imidazole rings is 1. The van der Waals surface area contributed by atoms with E-state index in [0.717, 1.165) is 10.9 Å². The molecule has 0 saturated carbocycles. The highest BCUT2D eigenvalue weighted by Crippen LogP contribution is 2.17. The van der Waals surface area contributed by atoms with Crippen molar-refractivity contribution in [2.45, 2.75) is 11.9 Å². The van der Waals surface area contributed by atoms with Crippen molar-refractivity contribution in [1.82, 2.24) is 9.66 Å². The molecule has 0 unspecified atom stereocenters. The first-order valence-corrected chi connectivity index (χ1v) is 5.93. The summed E-state index contributed by atoms with van der Waals surface area (Å²) in [7, 11) is 1.32. The molecule has 0 bridgehead atoms. The Morgan fingerprint density at radius 3 is 2.79 bits per heavy atom. The summed E-state index contributed by atoms with van der Waals surface area (Å²) in [6, 6.07) is 0. The van der Waals surface area contributed by atoms with Crippen molar-refractivity contribution in [2.24, 2.45) is 5.10 Å². The zero-order chi connectivity index (χ0) is 10.8. The summed E-state index contributed by atoms with van der Waals surface area (Å²) in [6.07, 6.45) is 4.43. The van der Waals surface area contributed by atoms with Crippen molar-refractivity contribution >= 4 is 32.5 Å². The lowest BCUT2D eigenvalue weighted by Gasteiger charge is -1.98. The maximum absolute atomic E-state index is 11.0. The molecule has 0 amide bonds. The third-order valence-corrected chi connectivity index (χ3v) is 2.69. The minimum Gasteiger partial charge on any atom is -0.234 e. The molecule has 0 saturated heterocycles. The lowest BCUT2D eigenvalue weighted by atomic mass is 10.5. The molecule has 1 heterocycles. The number of nitrogens with zero attached hydrogens (tertiary/aromatic N) is 3. The highest BCUT2D eigenvalue weighted by atomic mass is 35.7. The second kappa shape index (κ2) is 3.93. The summed E-state index contributed by atoms with van der Waals surface area (Å²) in [4.78, 5) is 3.82. The number of aromatic nitrogens is 2. The number of hydrogen-bond donors (Lipinski definition) is 0. The average Bonchev–Trinajstić information content (AvgIpc) is 2.47. The van der Waals surface area contributed by atoms with Gasteiger partial charge in [0.2, 0.25) is 0 Å². The molecule has 7 heteroatoms. The molecule has 0 aliphatic heterocycles. The van der Waals surface area contributed by atoms with Gasteiger partial charge in [-0.15, -0.1) is 0 Å². The summed E-state index contributed by atoms with van der Waals surface area (Å²) in [6.45, 7) is 5.01. The van der Waals surface area contributed by atoms with E-state index in [0.29, 0.717) is 5.82 Å². The minimum absolute atomic E-state index is 0.192. The van der Waals surface area contributed by atoms with Gasteiger partial charge in [-0.25, -0.2) is 18.1 Å². The Labute approximate surface area is 86.1 Å². The number of hydrogen-bond acceptors (Lipinski definition) is 4. The Morgan fingerprint density at radius 1 is 1.71 bits per heavy atom. The van der Waals surface area contributed by atoms with Crippen LogP contribution in [-0.2, 0) is 9.05 Å². The second-order valence-electron chi connectivity index (χ2n) is 2.35. The highest BCUT2D eigenvalue weighted by molar-refractivity contribution is 8.13. The molecule has 0 aliphatic rings. The van der Waals surface area contributed by atoms with Gasteiger partial charge in [0.15, 0.2) is 10.9 Å². The van der Waals surface area contributed by atoms with Crippen LogP contribution in [0.2, 0.25) is 0 Å². The van der Waals surface area contributed by atoms with Crippen LogP contribution in [0, 0.1) is 0 Å². The molecule has 0 aliphatic carbocycles. The molecule has 1 rings (SSSR count). The number of halogens is 1. The molecule has 0 aromatic carbocycles. The smallest absolute Gasteiger partial charge is 0.234 e. The maximum Gasteiger partial charge on any atom is 0.280 e. The molecule has 0 spiro atoms. The molecule has 0 N–H and O–H groups in total. The molecule has 1 aromatic rings. The van der Waals surface area contributed by atoms with Crippen LogP contribution in [0.1, 0.15) is 12.7 Å². The van der Waals surface area contributed by atoms with E-state index in [9.17, 15) is 8.42 Å². The first-order valence-electron chi connectivity index (χ1n) is 3.63. The first-order chi connectivity index (χ1) is 6.50. The van der Waals surface area contributed by atoms with Crippen molar-refractivity contribution in [2.75, 3.05) is 0 Å². The van der Waals surface area contributed by atoms with Crippen LogP contribution in [0.15, 0.2) is 22.4 Å². The minimum atomic E-state index is -3.84. The molecule has 14 heavy (non-hydrogen) atoms. The SMILES string of the molecule is C=Nn1c(S(=O)(=O)Cl)cnc1/C=C\C. The summed E-state index contributed by atoms with van der Waals surface area (Å²) in [5.74, 6) is 0.363. The monoisotopic (exact) mass is 233 g/mol. The van der Waals surface area contributed by atoms with E-state index in [1.807, 2.05) is 0 Å². The zero-order valence-electron chi connectivity index (χ0n) is 7.38. The number of rotatable bonds is 3. The van der Waals surface area contributed by atoms with Gasteiger partial charge in [-0.3, -0.25) is 0 Å². The summed E-state index contributed by atoms with van der Waals surface area (Å²) >= 11 is 0. The molecule has 5 nitrogen and oxygen atoms in total. The van der Waals surface area contributed by atoms with Crippen LogP contribution < -0.4 is 0 Å². The van der Waals surface area contributed by atoms with Crippen LogP contribution in [0.4, 0.5) is 0 Å². The zero-order valence-corrected chi connectivity index (χ0v) is 8.96. The fraction of sp³-hybridized carbons (Fsp3) is 0.143. The highest BCUT2D eigenvalue weighted by Gasteiger charge is 2.18. The molecule has 0 atom stereocenters. The predicted molar refractivity (Wildman–Crippen MR) is 54.9 cm³/mol. The van der Waals surface area contributed by atoms with Crippen molar-refractivity contribution in [3.05, 3.63) is 18.1 Å². The Hall–Kier alpha value is -1.14. The first kappa shape index (κ1) is 10.9. The van der Waals surface area contributed by atoms with E-state index in [2.05, 4.69) is 16.8 Å². The lowest BCUT2D eigenvalue weighted by molar-refractivity contribution is 0.598. The normalized spacial score (nSPS) is 12.1. The Morgan fingerprint density at radius 2 is 2.36 bits per heavy atom. The van der Waals surface area contributed by atoms with Gasteiger partial charge in [0, 0.05) is 17.4 Å². The summed E-state index contributed by atoms with van der Waals surface area (Å²) in [5.41, 5.74) is 0. The van der Waals surface area contributed by atoms with Gasteiger partial charge in [0.25, 0.3) is 9.05 Å². The van der Waals surface area contributed by atoms with E-state index in [1.165, 1.54) is 0 Å². The topological polar surface area (TPSA) is 64.3 Å². The standard InChI is InChI=1S/C7H8ClN3O2S/c1-3-4-6-10-5-7(11(6)9-2)14(8,12)13/h3-5H,2H2,1H3/b4-3-. The van der Waals surface area contributed by atoms with Gasteiger partial charge in [-0.1, -0.05) is 6.08 Å². The predicted octanol–water partition coefficient (Wildman–Crippen LogP) is 1.31. The van der Waals surface area contributed by atoms with Gasteiger partial charge in [0.05, 0.1) is 6.20 Å². The van der Waals surface area contributed by atoms with Crippen LogP contribution in [-0.4, -0.2) is 24.8 Å². The Kier molecular flexibility index (Phi) is 3.07. The average molecular weight is 234 g/mol. The van der Waals surface area contributed by atoms with E-state index in [4.69, 9.17) is 10.7 Å². The molecule has 0 fully saturated rings. The van der Waals surface area contributed by atoms with Gasteiger partial charge in [-0.2, -0.15) is 5.10 Å². The fourth-order valence-corrected chi connectivity index (χ4v) is 1.77. The maximum atomic E-state index is 11.0. The third kappa shape index (κ3) is 2.02. The largest absolute Gasteiger partial charge is 0.280 e. The van der Waals surface area contributed by atoms with Crippen LogP contribution >= 0.6 is 10.7 Å². The summed E-state index contributed by atoms with van der Waals surface area (Å²) in [5, 5.41) is 3.31. The summed E-state index contributed by atoms with van der Waals surface area (Å²) < 4.78 is 23.1. The van der Waals surface area contributed by atoms with Crippen LogP contribution in [0.25, 0.3) is 6.08 Å².